The smallest absolute Gasteiger partial charge is 0.0125 e. The van der Waals surface area contributed by atoms with Crippen molar-refractivity contribution in [3.05, 3.63) is 0 Å². The Morgan fingerprint density at radius 2 is 1.08 bits per heavy atom. The first-order chi connectivity index (χ1) is 12.1. The average molecular weight is 364 g/mol. The molecule has 3 aliphatic heterocycles. The standard InChI is InChI=1S/C23H45N3/c1-21(2,3)25-13-7-20(8-14-25)19-24-15-9-23(10-16-24)11-17-26(18-12-23)22(4,5)6/h20H,7-19H2,1-6H3. The van der Waals surface area contributed by atoms with Gasteiger partial charge in [0.05, 0.1) is 0 Å². The van der Waals surface area contributed by atoms with Gasteiger partial charge >= 0.3 is 0 Å². The third kappa shape index (κ3) is 5.02. The van der Waals surface area contributed by atoms with Gasteiger partial charge in [0.15, 0.2) is 0 Å². The molecule has 0 amide bonds. The van der Waals surface area contributed by atoms with Gasteiger partial charge in [-0.2, -0.15) is 0 Å². The first-order valence-electron chi connectivity index (χ1n) is 11.3. The van der Waals surface area contributed by atoms with Gasteiger partial charge in [-0.1, -0.05) is 0 Å². The third-order valence-electron chi connectivity index (χ3n) is 7.77. The Bertz CT molecular complexity index is 433. The predicted molar refractivity (Wildman–Crippen MR) is 113 cm³/mol. The van der Waals surface area contributed by atoms with Gasteiger partial charge in [-0.15, -0.1) is 0 Å². The Hall–Kier alpha value is -0.120. The zero-order valence-corrected chi connectivity index (χ0v) is 18.6. The van der Waals surface area contributed by atoms with Crippen LogP contribution in [-0.4, -0.2) is 71.6 Å². The molecule has 3 nitrogen and oxygen atoms in total. The topological polar surface area (TPSA) is 9.72 Å². The van der Waals surface area contributed by atoms with Gasteiger partial charge in [-0.3, -0.25) is 9.80 Å². The van der Waals surface area contributed by atoms with Crippen LogP contribution < -0.4 is 0 Å². The molecule has 3 saturated heterocycles. The summed E-state index contributed by atoms with van der Waals surface area (Å²) in [5, 5.41) is 0. The van der Waals surface area contributed by atoms with E-state index in [2.05, 4.69) is 56.2 Å². The lowest BCUT2D eigenvalue weighted by Crippen LogP contribution is -2.52. The summed E-state index contributed by atoms with van der Waals surface area (Å²) < 4.78 is 0. The minimum absolute atomic E-state index is 0.351. The van der Waals surface area contributed by atoms with E-state index in [-0.39, 0.29) is 0 Å². The first kappa shape index (κ1) is 20.6. The van der Waals surface area contributed by atoms with Crippen molar-refractivity contribution < 1.29 is 0 Å². The maximum atomic E-state index is 2.80. The Labute approximate surface area is 163 Å². The molecule has 0 aliphatic carbocycles. The van der Waals surface area contributed by atoms with Gasteiger partial charge in [0.2, 0.25) is 0 Å². The molecule has 3 heterocycles. The fourth-order valence-electron chi connectivity index (χ4n) is 5.51. The number of hydrogen-bond donors (Lipinski definition) is 0. The molecule has 3 heteroatoms. The normalized spacial score (nSPS) is 27.9. The zero-order valence-electron chi connectivity index (χ0n) is 18.6. The summed E-state index contributed by atoms with van der Waals surface area (Å²) in [4.78, 5) is 8.18. The average Bonchev–Trinajstić information content (AvgIpc) is 2.56. The van der Waals surface area contributed by atoms with Crippen LogP contribution in [0, 0.1) is 11.3 Å². The summed E-state index contributed by atoms with van der Waals surface area (Å²) in [6, 6.07) is 0. The highest BCUT2D eigenvalue weighted by Gasteiger charge is 2.40. The fourth-order valence-corrected chi connectivity index (χ4v) is 5.51. The summed E-state index contributed by atoms with van der Waals surface area (Å²) in [6.45, 7) is 23.5. The largest absolute Gasteiger partial charge is 0.303 e. The van der Waals surface area contributed by atoms with Crippen LogP contribution in [0.4, 0.5) is 0 Å². The molecule has 152 valence electrons. The molecule has 26 heavy (non-hydrogen) atoms. The second-order valence-corrected chi connectivity index (χ2v) is 11.6. The van der Waals surface area contributed by atoms with E-state index < -0.39 is 0 Å². The fraction of sp³-hybridized carbons (Fsp3) is 1.00. The van der Waals surface area contributed by atoms with E-state index in [9.17, 15) is 0 Å². The molecule has 0 radical (unpaired) electrons. The highest BCUT2D eigenvalue weighted by atomic mass is 15.2. The lowest BCUT2D eigenvalue weighted by Gasteiger charge is -2.50. The van der Waals surface area contributed by atoms with Gasteiger partial charge in [0, 0.05) is 17.6 Å². The van der Waals surface area contributed by atoms with Crippen molar-refractivity contribution in [2.45, 2.75) is 91.1 Å². The van der Waals surface area contributed by atoms with Crippen LogP contribution in [0.3, 0.4) is 0 Å². The molecule has 1 spiro atoms. The molecule has 0 aromatic rings. The van der Waals surface area contributed by atoms with Gasteiger partial charge in [-0.25, -0.2) is 0 Å². The van der Waals surface area contributed by atoms with Crippen molar-refractivity contribution in [1.29, 1.82) is 0 Å². The van der Waals surface area contributed by atoms with E-state index >= 15 is 0 Å². The molecule has 3 fully saturated rings. The van der Waals surface area contributed by atoms with E-state index in [1.807, 2.05) is 0 Å². The summed E-state index contributed by atoms with van der Waals surface area (Å²) in [5.74, 6) is 0.936. The van der Waals surface area contributed by atoms with Crippen molar-refractivity contribution in [2.75, 3.05) is 45.8 Å². The highest BCUT2D eigenvalue weighted by molar-refractivity contribution is 4.93. The molecule has 3 rings (SSSR count). The molecular weight excluding hydrogens is 318 g/mol. The van der Waals surface area contributed by atoms with E-state index in [4.69, 9.17) is 0 Å². The molecule has 0 saturated carbocycles. The molecule has 0 aromatic heterocycles. The minimum atomic E-state index is 0.351. The number of hydrogen-bond acceptors (Lipinski definition) is 3. The van der Waals surface area contributed by atoms with Crippen LogP contribution in [0.15, 0.2) is 0 Å². The second-order valence-electron chi connectivity index (χ2n) is 11.6. The molecule has 0 aromatic carbocycles. The molecule has 3 aliphatic rings. The quantitative estimate of drug-likeness (QED) is 0.716. The summed E-state index contributed by atoms with van der Waals surface area (Å²) in [7, 11) is 0. The van der Waals surface area contributed by atoms with E-state index in [1.54, 1.807) is 0 Å². The second kappa shape index (κ2) is 7.72. The number of rotatable bonds is 2. The van der Waals surface area contributed by atoms with Gasteiger partial charge in [0.1, 0.15) is 0 Å². The third-order valence-corrected chi connectivity index (χ3v) is 7.77. The summed E-state index contributed by atoms with van der Waals surface area (Å²) in [5.41, 5.74) is 1.38. The van der Waals surface area contributed by atoms with E-state index in [0.29, 0.717) is 16.5 Å². The molecular formula is C23H45N3. The Morgan fingerprint density at radius 3 is 1.54 bits per heavy atom. The van der Waals surface area contributed by atoms with Crippen molar-refractivity contribution in [2.24, 2.45) is 11.3 Å². The van der Waals surface area contributed by atoms with Crippen molar-refractivity contribution in [3.8, 4) is 0 Å². The molecule has 0 atom stereocenters. The SMILES string of the molecule is CC(C)(C)N1CCC(CN2CCC3(CC2)CCN(C(C)(C)C)CC3)CC1. The maximum Gasteiger partial charge on any atom is 0.0125 e. The highest BCUT2D eigenvalue weighted by Crippen LogP contribution is 2.42. The minimum Gasteiger partial charge on any atom is -0.303 e. The Morgan fingerprint density at radius 1 is 0.654 bits per heavy atom. The van der Waals surface area contributed by atoms with Crippen LogP contribution in [0.1, 0.15) is 80.1 Å². The van der Waals surface area contributed by atoms with E-state index in [0.717, 1.165) is 5.92 Å². The maximum absolute atomic E-state index is 2.80. The molecule has 0 bridgehead atoms. The lowest BCUT2D eigenvalue weighted by atomic mass is 9.70. The Balaban J connectivity index is 1.40. The zero-order chi connectivity index (χ0) is 19.0. The van der Waals surface area contributed by atoms with Gasteiger partial charge in [-0.05, 0) is 131 Å². The number of likely N-dealkylation sites (tertiary alicyclic amines) is 3. The number of piperidine rings is 3. The monoisotopic (exact) mass is 363 g/mol. The van der Waals surface area contributed by atoms with Gasteiger partial charge < -0.3 is 4.90 Å². The van der Waals surface area contributed by atoms with Crippen LogP contribution in [0.5, 0.6) is 0 Å². The molecule has 0 unspecified atom stereocenters. The van der Waals surface area contributed by atoms with Crippen LogP contribution in [-0.2, 0) is 0 Å². The predicted octanol–water partition coefficient (Wildman–Crippen LogP) is 4.47. The number of nitrogens with zero attached hydrogens (tertiary/aromatic N) is 3. The van der Waals surface area contributed by atoms with E-state index in [1.165, 1.54) is 84.3 Å². The van der Waals surface area contributed by atoms with Crippen molar-refractivity contribution >= 4 is 0 Å². The van der Waals surface area contributed by atoms with Crippen molar-refractivity contribution in [1.82, 2.24) is 14.7 Å². The van der Waals surface area contributed by atoms with Crippen LogP contribution in [0.2, 0.25) is 0 Å². The lowest BCUT2D eigenvalue weighted by molar-refractivity contribution is -0.00317. The first-order valence-corrected chi connectivity index (χ1v) is 11.3. The van der Waals surface area contributed by atoms with Crippen LogP contribution >= 0.6 is 0 Å². The van der Waals surface area contributed by atoms with Gasteiger partial charge in [0.25, 0.3) is 0 Å². The Kier molecular flexibility index (Phi) is 6.12. The summed E-state index contributed by atoms with van der Waals surface area (Å²) >= 11 is 0. The van der Waals surface area contributed by atoms with Crippen molar-refractivity contribution in [3.63, 3.8) is 0 Å². The van der Waals surface area contributed by atoms with Crippen LogP contribution in [0.25, 0.3) is 0 Å². The summed E-state index contributed by atoms with van der Waals surface area (Å²) in [6.07, 6.45) is 8.57. The molecule has 0 N–H and O–H groups in total.